The van der Waals surface area contributed by atoms with Crippen LogP contribution >= 0.6 is 0 Å². The Labute approximate surface area is 126 Å². The molecule has 2 heterocycles. The Morgan fingerprint density at radius 2 is 1.64 bits per heavy atom. The molecule has 0 saturated carbocycles. The van der Waals surface area contributed by atoms with Crippen LogP contribution in [0.1, 0.15) is 5.56 Å². The molecule has 0 aliphatic heterocycles. The van der Waals surface area contributed by atoms with Crippen LogP contribution in [0.5, 0.6) is 0 Å². The van der Waals surface area contributed by atoms with Crippen molar-refractivity contribution in [3.05, 3.63) is 76.7 Å². The van der Waals surface area contributed by atoms with E-state index in [-0.39, 0.29) is 5.56 Å². The summed E-state index contributed by atoms with van der Waals surface area (Å²) in [7, 11) is 0. The minimum atomic E-state index is -0.177. The van der Waals surface area contributed by atoms with Gasteiger partial charge in [0.05, 0.1) is 5.69 Å². The molecule has 4 aromatic rings. The zero-order valence-corrected chi connectivity index (χ0v) is 12.0. The molecule has 4 heteroatoms. The summed E-state index contributed by atoms with van der Waals surface area (Å²) in [6.07, 6.45) is 1.53. The van der Waals surface area contributed by atoms with Gasteiger partial charge in [0.2, 0.25) is 0 Å². The first-order valence-corrected chi connectivity index (χ1v) is 7.08. The molecule has 0 atom stereocenters. The molecule has 0 radical (unpaired) electrons. The van der Waals surface area contributed by atoms with Crippen LogP contribution in [0.3, 0.4) is 0 Å². The molecule has 22 heavy (non-hydrogen) atoms. The Morgan fingerprint density at radius 1 is 0.909 bits per heavy atom. The van der Waals surface area contributed by atoms with Crippen LogP contribution < -0.4 is 5.56 Å². The van der Waals surface area contributed by atoms with Crippen LogP contribution in [0.2, 0.25) is 0 Å². The molecule has 4 nitrogen and oxygen atoms in total. The van der Waals surface area contributed by atoms with Gasteiger partial charge in [0.25, 0.3) is 5.56 Å². The zero-order valence-electron chi connectivity index (χ0n) is 12.0. The summed E-state index contributed by atoms with van der Waals surface area (Å²) < 4.78 is 1.37. The summed E-state index contributed by atoms with van der Waals surface area (Å²) in [4.78, 5) is 16.4. The second-order valence-electron chi connectivity index (χ2n) is 5.28. The smallest absolute Gasteiger partial charge is 0.267 e. The van der Waals surface area contributed by atoms with Gasteiger partial charge in [-0.1, -0.05) is 54.1 Å². The molecule has 0 N–H and O–H groups in total. The van der Waals surface area contributed by atoms with Crippen LogP contribution in [0, 0.1) is 6.92 Å². The lowest BCUT2D eigenvalue weighted by molar-refractivity contribution is 0.881. The Kier molecular flexibility index (Phi) is 2.76. The monoisotopic (exact) mass is 287 g/mol. The van der Waals surface area contributed by atoms with Gasteiger partial charge in [0, 0.05) is 28.6 Å². The standard InChI is InChI=1S/C18H13N3O/c1-12-6-8-13(9-7-12)17-14-4-2-3-5-15(14)18-19-11-10-16(22)21(18)20-17/h2-11H,1H3. The molecule has 0 spiro atoms. The fourth-order valence-corrected chi connectivity index (χ4v) is 2.64. The van der Waals surface area contributed by atoms with Crippen molar-refractivity contribution in [2.75, 3.05) is 0 Å². The predicted octanol–water partition coefficient (Wildman–Crippen LogP) is 3.22. The van der Waals surface area contributed by atoms with Gasteiger partial charge in [-0.25, -0.2) is 4.98 Å². The molecule has 4 rings (SSSR count). The van der Waals surface area contributed by atoms with Gasteiger partial charge >= 0.3 is 0 Å². The van der Waals surface area contributed by atoms with E-state index >= 15 is 0 Å². The summed E-state index contributed by atoms with van der Waals surface area (Å²) in [5.41, 5.74) is 3.37. The lowest BCUT2D eigenvalue weighted by Gasteiger charge is -2.09. The van der Waals surface area contributed by atoms with Gasteiger partial charge in [-0.15, -0.1) is 0 Å². The molecule has 0 amide bonds. The van der Waals surface area contributed by atoms with E-state index in [4.69, 9.17) is 0 Å². The number of benzene rings is 2. The van der Waals surface area contributed by atoms with Gasteiger partial charge in [0.1, 0.15) is 0 Å². The van der Waals surface area contributed by atoms with E-state index in [0.717, 1.165) is 22.0 Å². The third-order valence-electron chi connectivity index (χ3n) is 3.77. The third kappa shape index (κ3) is 1.89. The minimum absolute atomic E-state index is 0.177. The van der Waals surface area contributed by atoms with Gasteiger partial charge in [-0.05, 0) is 6.92 Å². The highest BCUT2D eigenvalue weighted by Crippen LogP contribution is 2.28. The molecular formula is C18H13N3O. The van der Waals surface area contributed by atoms with E-state index in [0.29, 0.717) is 5.65 Å². The van der Waals surface area contributed by atoms with Gasteiger partial charge in [-0.3, -0.25) is 4.79 Å². The van der Waals surface area contributed by atoms with Crippen LogP contribution in [-0.4, -0.2) is 14.6 Å². The molecule has 0 fully saturated rings. The zero-order chi connectivity index (χ0) is 15.1. The maximum Gasteiger partial charge on any atom is 0.274 e. The molecular weight excluding hydrogens is 274 g/mol. The van der Waals surface area contributed by atoms with E-state index in [9.17, 15) is 4.79 Å². The average Bonchev–Trinajstić information content (AvgIpc) is 2.55. The van der Waals surface area contributed by atoms with E-state index in [1.807, 2.05) is 55.5 Å². The Morgan fingerprint density at radius 3 is 2.41 bits per heavy atom. The number of fused-ring (bicyclic) bond motifs is 3. The average molecular weight is 287 g/mol. The third-order valence-corrected chi connectivity index (χ3v) is 3.77. The summed E-state index contributed by atoms with van der Waals surface area (Å²) in [5, 5.41) is 6.46. The van der Waals surface area contributed by atoms with E-state index in [2.05, 4.69) is 10.1 Å². The number of aryl methyl sites for hydroxylation is 1. The van der Waals surface area contributed by atoms with E-state index in [1.54, 1.807) is 0 Å². The second kappa shape index (κ2) is 4.77. The summed E-state index contributed by atoms with van der Waals surface area (Å²) >= 11 is 0. The molecule has 2 aromatic heterocycles. The maximum atomic E-state index is 12.1. The SMILES string of the molecule is Cc1ccc(-c2nn3c(=O)ccnc3c3ccccc23)cc1. The van der Waals surface area contributed by atoms with E-state index in [1.165, 1.54) is 22.3 Å². The summed E-state index contributed by atoms with van der Waals surface area (Å²) in [5.74, 6) is 0. The van der Waals surface area contributed by atoms with E-state index < -0.39 is 0 Å². The number of hydrogen-bond acceptors (Lipinski definition) is 3. The number of aromatic nitrogens is 3. The van der Waals surface area contributed by atoms with Gasteiger partial charge < -0.3 is 0 Å². The van der Waals surface area contributed by atoms with Crippen LogP contribution in [0.4, 0.5) is 0 Å². The second-order valence-corrected chi connectivity index (χ2v) is 5.28. The molecule has 0 aliphatic rings. The normalized spacial score (nSPS) is 11.1. The number of hydrogen-bond donors (Lipinski definition) is 0. The van der Waals surface area contributed by atoms with Crippen molar-refractivity contribution in [3.8, 4) is 11.3 Å². The van der Waals surface area contributed by atoms with Crippen molar-refractivity contribution in [2.45, 2.75) is 6.92 Å². The Bertz CT molecular complexity index is 1050. The molecule has 0 aliphatic carbocycles. The van der Waals surface area contributed by atoms with Crippen molar-refractivity contribution in [3.63, 3.8) is 0 Å². The summed E-state index contributed by atoms with van der Waals surface area (Å²) in [6.45, 7) is 2.05. The lowest BCUT2D eigenvalue weighted by atomic mass is 10.0. The minimum Gasteiger partial charge on any atom is -0.267 e. The van der Waals surface area contributed by atoms with Crippen LogP contribution in [0.15, 0.2) is 65.6 Å². The molecule has 0 bridgehead atoms. The number of rotatable bonds is 1. The first-order chi connectivity index (χ1) is 10.7. The van der Waals surface area contributed by atoms with Crippen LogP contribution in [0.25, 0.3) is 27.7 Å². The van der Waals surface area contributed by atoms with Crippen molar-refractivity contribution >= 4 is 16.4 Å². The fourth-order valence-electron chi connectivity index (χ4n) is 2.64. The largest absolute Gasteiger partial charge is 0.274 e. The Hall–Kier alpha value is -3.01. The fraction of sp³-hybridized carbons (Fsp3) is 0.0556. The first-order valence-electron chi connectivity index (χ1n) is 7.08. The molecule has 0 unspecified atom stereocenters. The molecule has 2 aromatic carbocycles. The topological polar surface area (TPSA) is 47.3 Å². The van der Waals surface area contributed by atoms with Crippen molar-refractivity contribution in [1.29, 1.82) is 0 Å². The molecule has 106 valence electrons. The number of nitrogens with zero attached hydrogens (tertiary/aromatic N) is 3. The molecule has 0 saturated heterocycles. The highest BCUT2D eigenvalue weighted by Gasteiger charge is 2.11. The quantitative estimate of drug-likeness (QED) is 0.505. The Balaban J connectivity index is 2.19. The highest BCUT2D eigenvalue weighted by molar-refractivity contribution is 6.01. The first kappa shape index (κ1) is 12.7. The maximum absolute atomic E-state index is 12.1. The van der Waals surface area contributed by atoms with Crippen LogP contribution in [-0.2, 0) is 0 Å². The van der Waals surface area contributed by atoms with Crippen molar-refractivity contribution < 1.29 is 0 Å². The highest BCUT2D eigenvalue weighted by atomic mass is 16.1. The van der Waals surface area contributed by atoms with Gasteiger partial charge in [0.15, 0.2) is 5.65 Å². The van der Waals surface area contributed by atoms with Crippen molar-refractivity contribution in [2.24, 2.45) is 0 Å². The van der Waals surface area contributed by atoms with Crippen molar-refractivity contribution in [1.82, 2.24) is 14.6 Å². The lowest BCUT2D eigenvalue weighted by Crippen LogP contribution is -2.16. The predicted molar refractivity (Wildman–Crippen MR) is 86.9 cm³/mol. The summed E-state index contributed by atoms with van der Waals surface area (Å²) in [6, 6.07) is 17.5. The van der Waals surface area contributed by atoms with Gasteiger partial charge in [-0.2, -0.15) is 9.61 Å².